The average molecular weight is 568 g/mol. The van der Waals surface area contributed by atoms with Crippen LogP contribution in [-0.2, 0) is 10.0 Å². The van der Waals surface area contributed by atoms with Gasteiger partial charge in [0.2, 0.25) is 10.0 Å². The first-order chi connectivity index (χ1) is 18.7. The van der Waals surface area contributed by atoms with Crippen LogP contribution in [0.4, 0.5) is 10.1 Å². The summed E-state index contributed by atoms with van der Waals surface area (Å²) >= 11 is 1.53. The maximum atomic E-state index is 13.6. The van der Waals surface area contributed by atoms with Crippen LogP contribution in [0.25, 0.3) is 22.3 Å². The van der Waals surface area contributed by atoms with E-state index in [4.69, 9.17) is 4.42 Å². The monoisotopic (exact) mass is 567 g/mol. The molecule has 1 unspecified atom stereocenters. The molecular weight excluding hydrogens is 537 g/mol. The lowest BCUT2D eigenvalue weighted by atomic mass is 9.89. The molecule has 1 amide bonds. The standard InChI is InChI=1S/C29H30FN3O4S2/c1-31-29(34)27-24-16-23(20-8-7-15-33(18-20)39(35,36)22-9-5-4-6-10-22)25(32(2)38-3)17-26(24)37-28(27)19-11-13-21(30)14-12-19/h4-6,9-14,16-17,20H,7-8,15,18H2,1-3H3,(H,31,34). The fourth-order valence-corrected chi connectivity index (χ4v) is 7.06. The molecule has 1 saturated heterocycles. The van der Waals surface area contributed by atoms with E-state index in [1.54, 1.807) is 53.8 Å². The third-order valence-electron chi connectivity index (χ3n) is 7.22. The molecule has 7 nitrogen and oxygen atoms in total. The normalized spacial score (nSPS) is 16.4. The molecule has 0 aliphatic carbocycles. The number of benzene rings is 3. The van der Waals surface area contributed by atoms with Crippen molar-refractivity contribution in [2.75, 3.05) is 37.7 Å². The van der Waals surface area contributed by atoms with Gasteiger partial charge in [-0.05, 0) is 66.8 Å². The van der Waals surface area contributed by atoms with Gasteiger partial charge in [0.25, 0.3) is 5.91 Å². The SMILES string of the molecule is CNC(=O)c1c(-c2ccc(F)cc2)oc2cc(N(C)SC)c(C3CCCN(S(=O)(=O)c4ccccc4)C3)cc12. The van der Waals surface area contributed by atoms with E-state index >= 15 is 0 Å². The first kappa shape index (κ1) is 27.2. The van der Waals surface area contributed by atoms with E-state index in [-0.39, 0.29) is 22.5 Å². The summed E-state index contributed by atoms with van der Waals surface area (Å²) in [4.78, 5) is 13.4. The number of carbonyl (C=O) groups excluding carboxylic acids is 1. The predicted octanol–water partition coefficient (Wildman–Crippen LogP) is 5.88. The third kappa shape index (κ3) is 5.16. The lowest BCUT2D eigenvalue weighted by Gasteiger charge is -2.34. The van der Waals surface area contributed by atoms with E-state index in [9.17, 15) is 17.6 Å². The Hall–Kier alpha value is -3.34. The zero-order valence-corrected chi connectivity index (χ0v) is 23.6. The summed E-state index contributed by atoms with van der Waals surface area (Å²) in [6.07, 6.45) is 3.48. The molecule has 0 spiro atoms. The smallest absolute Gasteiger partial charge is 0.255 e. The van der Waals surface area contributed by atoms with Gasteiger partial charge in [0.05, 0.1) is 16.1 Å². The summed E-state index contributed by atoms with van der Waals surface area (Å²) in [5, 5.41) is 3.33. The van der Waals surface area contributed by atoms with Gasteiger partial charge in [0.15, 0.2) is 0 Å². The number of nitrogens with one attached hydrogen (secondary N) is 1. The van der Waals surface area contributed by atoms with Crippen LogP contribution in [0.5, 0.6) is 0 Å². The quantitative estimate of drug-likeness (QED) is 0.281. The fourth-order valence-electron chi connectivity index (χ4n) is 5.16. The van der Waals surface area contributed by atoms with Crippen molar-refractivity contribution >= 4 is 44.5 Å². The second-order valence-electron chi connectivity index (χ2n) is 9.49. The summed E-state index contributed by atoms with van der Waals surface area (Å²) in [6.45, 7) is 0.781. The Morgan fingerprint density at radius 2 is 1.85 bits per heavy atom. The number of fused-ring (bicyclic) bond motifs is 1. The minimum absolute atomic E-state index is 0.0899. The Morgan fingerprint density at radius 1 is 1.13 bits per heavy atom. The van der Waals surface area contributed by atoms with Crippen LogP contribution in [0.2, 0.25) is 0 Å². The van der Waals surface area contributed by atoms with E-state index in [0.29, 0.717) is 47.4 Å². The molecule has 1 aliphatic rings. The molecular formula is C29H30FN3O4S2. The van der Waals surface area contributed by atoms with Gasteiger partial charge in [0, 0.05) is 50.5 Å². The van der Waals surface area contributed by atoms with Crippen molar-refractivity contribution in [3.8, 4) is 11.3 Å². The minimum Gasteiger partial charge on any atom is -0.455 e. The Labute approximate surface area is 232 Å². The van der Waals surface area contributed by atoms with Gasteiger partial charge in [-0.1, -0.05) is 30.1 Å². The Balaban J connectivity index is 1.64. The van der Waals surface area contributed by atoms with Gasteiger partial charge in [-0.2, -0.15) is 4.31 Å². The highest BCUT2D eigenvalue weighted by atomic mass is 32.2. The molecule has 4 aromatic rings. The molecule has 1 fully saturated rings. The maximum absolute atomic E-state index is 13.6. The molecule has 0 saturated carbocycles. The van der Waals surface area contributed by atoms with Crippen LogP contribution in [0.1, 0.15) is 34.7 Å². The van der Waals surface area contributed by atoms with Crippen molar-refractivity contribution in [3.63, 3.8) is 0 Å². The number of furan rings is 1. The number of hydrogen-bond acceptors (Lipinski definition) is 6. The van der Waals surface area contributed by atoms with E-state index in [2.05, 4.69) is 5.32 Å². The van der Waals surface area contributed by atoms with Crippen LogP contribution >= 0.6 is 11.9 Å². The Bertz CT molecular complexity index is 1610. The minimum atomic E-state index is -3.64. The average Bonchev–Trinajstić information content (AvgIpc) is 3.35. The lowest BCUT2D eigenvalue weighted by Crippen LogP contribution is -2.39. The van der Waals surface area contributed by atoms with Gasteiger partial charge >= 0.3 is 0 Å². The Kier molecular flexibility index (Phi) is 7.70. The van der Waals surface area contributed by atoms with Gasteiger partial charge in [0.1, 0.15) is 17.2 Å². The van der Waals surface area contributed by atoms with Crippen molar-refractivity contribution in [2.24, 2.45) is 0 Å². The molecule has 1 N–H and O–H groups in total. The van der Waals surface area contributed by atoms with Gasteiger partial charge < -0.3 is 14.0 Å². The number of hydrogen-bond donors (Lipinski definition) is 1. The van der Waals surface area contributed by atoms with Gasteiger partial charge in [-0.15, -0.1) is 0 Å². The summed E-state index contributed by atoms with van der Waals surface area (Å²) in [5.74, 6) is -0.430. The topological polar surface area (TPSA) is 82.9 Å². The molecule has 39 heavy (non-hydrogen) atoms. The summed E-state index contributed by atoms with van der Waals surface area (Å²) in [6, 6.07) is 18.2. The molecule has 1 aromatic heterocycles. The van der Waals surface area contributed by atoms with E-state index in [1.165, 1.54) is 24.1 Å². The second-order valence-corrected chi connectivity index (χ2v) is 12.3. The molecule has 0 bridgehead atoms. The van der Waals surface area contributed by atoms with Crippen LogP contribution < -0.4 is 9.62 Å². The van der Waals surface area contributed by atoms with Crippen LogP contribution in [-0.4, -0.2) is 52.1 Å². The molecule has 2 heterocycles. The van der Waals surface area contributed by atoms with Crippen molar-refractivity contribution in [2.45, 2.75) is 23.7 Å². The number of anilines is 1. The molecule has 1 atom stereocenters. The molecule has 204 valence electrons. The number of halogens is 1. The van der Waals surface area contributed by atoms with E-state index < -0.39 is 10.0 Å². The van der Waals surface area contributed by atoms with Crippen molar-refractivity contribution in [1.82, 2.24) is 9.62 Å². The van der Waals surface area contributed by atoms with Gasteiger partial charge in [-0.3, -0.25) is 4.79 Å². The first-order valence-electron chi connectivity index (χ1n) is 12.7. The molecule has 5 rings (SSSR count). The van der Waals surface area contributed by atoms with E-state index in [1.807, 2.05) is 29.7 Å². The predicted molar refractivity (Wildman–Crippen MR) is 154 cm³/mol. The molecule has 3 aromatic carbocycles. The van der Waals surface area contributed by atoms with Gasteiger partial charge in [-0.25, -0.2) is 12.8 Å². The summed E-state index contributed by atoms with van der Waals surface area (Å²) < 4.78 is 50.3. The Morgan fingerprint density at radius 3 is 2.51 bits per heavy atom. The highest BCUT2D eigenvalue weighted by Gasteiger charge is 2.33. The molecule has 0 radical (unpaired) electrons. The van der Waals surface area contributed by atoms with Crippen molar-refractivity contribution < 1.29 is 22.0 Å². The van der Waals surface area contributed by atoms with Crippen LogP contribution in [0.15, 0.2) is 76.0 Å². The van der Waals surface area contributed by atoms with Crippen molar-refractivity contribution in [3.05, 3.63) is 83.7 Å². The summed E-state index contributed by atoms with van der Waals surface area (Å²) in [7, 11) is -0.144. The largest absolute Gasteiger partial charge is 0.455 e. The first-order valence-corrected chi connectivity index (χ1v) is 15.3. The van der Waals surface area contributed by atoms with E-state index in [0.717, 1.165) is 17.7 Å². The number of piperidine rings is 1. The number of sulfonamides is 1. The maximum Gasteiger partial charge on any atom is 0.255 e. The highest BCUT2D eigenvalue weighted by molar-refractivity contribution is 7.99. The number of nitrogens with zero attached hydrogens (tertiary/aromatic N) is 2. The number of carbonyl (C=O) groups is 1. The number of rotatable bonds is 7. The second kappa shape index (κ2) is 11.0. The number of amides is 1. The molecule has 10 heteroatoms. The summed E-state index contributed by atoms with van der Waals surface area (Å²) in [5.41, 5.74) is 3.32. The zero-order chi connectivity index (χ0) is 27.7. The fraction of sp³-hybridized carbons (Fsp3) is 0.276. The zero-order valence-electron chi connectivity index (χ0n) is 22.0. The van der Waals surface area contributed by atoms with Crippen LogP contribution in [0.3, 0.4) is 0 Å². The van der Waals surface area contributed by atoms with Crippen LogP contribution in [0, 0.1) is 5.82 Å². The third-order valence-corrected chi connectivity index (χ3v) is 9.84. The molecule has 1 aliphatic heterocycles. The highest BCUT2D eigenvalue weighted by Crippen LogP contribution is 2.42. The van der Waals surface area contributed by atoms with Crippen molar-refractivity contribution in [1.29, 1.82) is 0 Å². The lowest BCUT2D eigenvalue weighted by molar-refractivity contribution is 0.0964.